The fourth-order valence-electron chi connectivity index (χ4n) is 0.421. The summed E-state index contributed by atoms with van der Waals surface area (Å²) in [7, 11) is 0. The highest BCUT2D eigenvalue weighted by atomic mass is 16.5. The molecule has 0 aromatic heterocycles. The Bertz CT molecular complexity index is 108. The highest BCUT2D eigenvalue weighted by Crippen LogP contribution is 1.80. The molecule has 0 aliphatic heterocycles. The lowest BCUT2D eigenvalue weighted by molar-refractivity contribution is 0.199. The van der Waals surface area contributed by atoms with Gasteiger partial charge in [0.25, 0.3) is 0 Å². The predicted molar refractivity (Wildman–Crippen MR) is 39.1 cm³/mol. The van der Waals surface area contributed by atoms with Crippen molar-refractivity contribution in [1.82, 2.24) is 0 Å². The highest BCUT2D eigenvalue weighted by molar-refractivity contribution is 4.85. The van der Waals surface area contributed by atoms with Gasteiger partial charge in [0.15, 0.2) is 0 Å². The fourth-order valence-corrected chi connectivity index (χ4v) is 0.421. The van der Waals surface area contributed by atoms with Crippen molar-refractivity contribution < 1.29 is 4.74 Å². The summed E-state index contributed by atoms with van der Waals surface area (Å²) < 4.78 is 4.96. The third kappa shape index (κ3) is 7.26. The molecule has 0 aromatic carbocycles. The Morgan fingerprint density at radius 2 is 2.33 bits per heavy atom. The van der Waals surface area contributed by atoms with Crippen LogP contribution in [0.3, 0.4) is 0 Å². The van der Waals surface area contributed by atoms with Crippen LogP contribution in [0.4, 0.5) is 0 Å². The van der Waals surface area contributed by atoms with E-state index in [9.17, 15) is 0 Å². The molecule has 0 rings (SSSR count). The molecule has 0 aliphatic carbocycles. The zero-order valence-electron chi connectivity index (χ0n) is 5.76. The van der Waals surface area contributed by atoms with Crippen LogP contribution in [0.2, 0.25) is 0 Å². The normalized spacial score (nSPS) is 9.78. The Labute approximate surface area is 56.7 Å². The maximum Gasteiger partial charge on any atom is 0.107 e. The summed E-state index contributed by atoms with van der Waals surface area (Å²) in [6.07, 6.45) is 10.0. The fraction of sp³-hybridized carbons (Fsp3) is 0.500. The van der Waals surface area contributed by atoms with Crippen molar-refractivity contribution in [2.45, 2.75) is 13.3 Å². The molecule has 0 saturated carbocycles. The van der Waals surface area contributed by atoms with Crippen LogP contribution in [-0.4, -0.2) is 13.2 Å². The molecule has 0 unspecified atom stereocenters. The third-order valence-electron chi connectivity index (χ3n) is 0.802. The monoisotopic (exact) mass is 124 g/mol. The van der Waals surface area contributed by atoms with E-state index in [1.807, 2.05) is 6.08 Å². The maximum absolute atomic E-state index is 4.96. The molecule has 0 atom stereocenters. The van der Waals surface area contributed by atoms with Crippen molar-refractivity contribution in [3.8, 4) is 12.3 Å². The van der Waals surface area contributed by atoms with Crippen molar-refractivity contribution in [1.29, 1.82) is 0 Å². The first-order valence-corrected chi connectivity index (χ1v) is 3.08. The van der Waals surface area contributed by atoms with Gasteiger partial charge in [-0.2, -0.15) is 0 Å². The van der Waals surface area contributed by atoms with Gasteiger partial charge in [0.05, 0.1) is 6.61 Å². The summed E-state index contributed by atoms with van der Waals surface area (Å²) in [4.78, 5) is 0. The van der Waals surface area contributed by atoms with E-state index in [1.165, 1.54) is 0 Å². The topological polar surface area (TPSA) is 9.23 Å². The molecule has 0 saturated heterocycles. The quantitative estimate of drug-likeness (QED) is 0.314. The van der Waals surface area contributed by atoms with E-state index < -0.39 is 0 Å². The second-order valence-corrected chi connectivity index (χ2v) is 1.60. The van der Waals surface area contributed by atoms with E-state index in [4.69, 9.17) is 11.2 Å². The predicted octanol–water partition coefficient (Wildman–Crippen LogP) is 1.60. The average Bonchev–Trinajstić information content (AvgIpc) is 1.89. The van der Waals surface area contributed by atoms with Gasteiger partial charge in [-0.1, -0.05) is 25.0 Å². The number of terminal acetylenes is 1. The molecule has 1 heteroatoms. The number of hydrogen-bond donors (Lipinski definition) is 0. The number of ether oxygens (including phenoxy) is 1. The Morgan fingerprint density at radius 1 is 1.56 bits per heavy atom. The molecular weight excluding hydrogens is 112 g/mol. The van der Waals surface area contributed by atoms with E-state index in [2.05, 4.69) is 18.9 Å². The molecule has 0 bridgehead atoms. The van der Waals surface area contributed by atoms with Gasteiger partial charge in [0.2, 0.25) is 0 Å². The van der Waals surface area contributed by atoms with Crippen LogP contribution in [0.1, 0.15) is 13.3 Å². The lowest BCUT2D eigenvalue weighted by Crippen LogP contribution is -1.89. The first-order valence-electron chi connectivity index (χ1n) is 3.08. The summed E-state index contributed by atoms with van der Waals surface area (Å²) in [5.41, 5.74) is 0. The Kier molecular flexibility index (Phi) is 6.66. The minimum absolute atomic E-state index is 0.411. The van der Waals surface area contributed by atoms with Crippen LogP contribution >= 0.6 is 0 Å². The smallest absolute Gasteiger partial charge is 0.107 e. The minimum Gasteiger partial charge on any atom is -0.365 e. The molecule has 0 spiro atoms. The first kappa shape index (κ1) is 8.26. The maximum atomic E-state index is 4.96. The van der Waals surface area contributed by atoms with Crippen LogP contribution in [0, 0.1) is 12.3 Å². The zero-order chi connectivity index (χ0) is 6.95. The van der Waals surface area contributed by atoms with Gasteiger partial charge in [0, 0.05) is 0 Å². The molecule has 9 heavy (non-hydrogen) atoms. The molecule has 0 fully saturated rings. The lowest BCUT2D eigenvalue weighted by atomic mass is 10.4. The van der Waals surface area contributed by atoms with Crippen molar-refractivity contribution in [2.75, 3.05) is 13.2 Å². The van der Waals surface area contributed by atoms with Crippen molar-refractivity contribution >= 4 is 0 Å². The second kappa shape index (κ2) is 7.26. The van der Waals surface area contributed by atoms with Crippen LogP contribution in [0.5, 0.6) is 0 Å². The van der Waals surface area contributed by atoms with E-state index in [0.29, 0.717) is 13.2 Å². The van der Waals surface area contributed by atoms with E-state index in [1.54, 1.807) is 0 Å². The number of hydrogen-bond acceptors (Lipinski definition) is 1. The first-order chi connectivity index (χ1) is 4.41. The molecule has 0 amide bonds. The SMILES string of the molecule is C#CCOC/C=C\CC. The molecular formula is C8H12O. The highest BCUT2D eigenvalue weighted by Gasteiger charge is 1.74. The summed E-state index contributed by atoms with van der Waals surface area (Å²) in [5, 5.41) is 0. The Hall–Kier alpha value is -0.740. The van der Waals surface area contributed by atoms with Crippen molar-refractivity contribution in [3.05, 3.63) is 12.2 Å². The van der Waals surface area contributed by atoms with E-state index in [-0.39, 0.29) is 0 Å². The molecule has 0 radical (unpaired) electrons. The van der Waals surface area contributed by atoms with Gasteiger partial charge in [0.1, 0.15) is 6.61 Å². The van der Waals surface area contributed by atoms with Crippen LogP contribution in [0.25, 0.3) is 0 Å². The van der Waals surface area contributed by atoms with Crippen LogP contribution in [0.15, 0.2) is 12.2 Å². The lowest BCUT2D eigenvalue weighted by Gasteiger charge is -1.90. The average molecular weight is 124 g/mol. The molecule has 50 valence electrons. The van der Waals surface area contributed by atoms with E-state index in [0.717, 1.165) is 6.42 Å². The van der Waals surface area contributed by atoms with Gasteiger partial charge in [-0.3, -0.25) is 0 Å². The largest absolute Gasteiger partial charge is 0.365 e. The zero-order valence-corrected chi connectivity index (χ0v) is 5.76. The molecule has 0 N–H and O–H groups in total. The third-order valence-corrected chi connectivity index (χ3v) is 0.802. The summed E-state index contributed by atoms with van der Waals surface area (Å²) in [6.45, 7) is 3.13. The van der Waals surface area contributed by atoms with Crippen molar-refractivity contribution in [2.24, 2.45) is 0 Å². The van der Waals surface area contributed by atoms with Gasteiger partial charge in [-0.15, -0.1) is 6.42 Å². The van der Waals surface area contributed by atoms with Gasteiger partial charge in [-0.05, 0) is 6.42 Å². The van der Waals surface area contributed by atoms with Gasteiger partial charge < -0.3 is 4.74 Å². The number of allylic oxidation sites excluding steroid dienone is 1. The van der Waals surface area contributed by atoms with Crippen molar-refractivity contribution in [3.63, 3.8) is 0 Å². The summed E-state index contributed by atoms with van der Waals surface area (Å²) in [6, 6.07) is 0. The van der Waals surface area contributed by atoms with Gasteiger partial charge >= 0.3 is 0 Å². The molecule has 0 aliphatic rings. The van der Waals surface area contributed by atoms with Crippen LogP contribution < -0.4 is 0 Å². The summed E-state index contributed by atoms with van der Waals surface area (Å²) in [5.74, 6) is 2.39. The molecule has 0 heterocycles. The minimum atomic E-state index is 0.411. The number of rotatable bonds is 4. The summed E-state index contributed by atoms with van der Waals surface area (Å²) >= 11 is 0. The Balaban J connectivity index is 2.92. The Morgan fingerprint density at radius 3 is 2.89 bits per heavy atom. The molecule has 1 nitrogen and oxygen atoms in total. The van der Waals surface area contributed by atoms with Crippen LogP contribution in [-0.2, 0) is 4.74 Å². The van der Waals surface area contributed by atoms with E-state index >= 15 is 0 Å². The second-order valence-electron chi connectivity index (χ2n) is 1.60. The standard InChI is InChI=1S/C8H12O/c1-3-5-6-8-9-7-4-2/h2,5-6H,3,7-8H2,1H3/b6-5-. The molecule has 0 aromatic rings. The van der Waals surface area contributed by atoms with Gasteiger partial charge in [-0.25, -0.2) is 0 Å².